The third-order valence-electron chi connectivity index (χ3n) is 5.46. The predicted molar refractivity (Wildman–Crippen MR) is 117 cm³/mol. The van der Waals surface area contributed by atoms with E-state index in [9.17, 15) is 14.7 Å². The number of hydrogen-bond donors (Lipinski definition) is 2. The molecule has 0 spiro atoms. The highest BCUT2D eigenvalue weighted by Gasteiger charge is 2.32. The van der Waals surface area contributed by atoms with E-state index in [0.717, 1.165) is 34.5 Å². The summed E-state index contributed by atoms with van der Waals surface area (Å²) in [5.74, 6) is -0.952. The van der Waals surface area contributed by atoms with E-state index >= 15 is 0 Å². The highest BCUT2D eigenvalue weighted by atomic mass is 16.4. The zero-order chi connectivity index (χ0) is 21.3. The number of benzene rings is 2. The number of amides is 1. The molecule has 0 unspecified atom stereocenters. The van der Waals surface area contributed by atoms with Crippen molar-refractivity contribution in [2.45, 2.75) is 32.4 Å². The summed E-state index contributed by atoms with van der Waals surface area (Å²) in [6, 6.07) is 16.7. The molecule has 3 aromatic rings. The lowest BCUT2D eigenvalue weighted by Crippen LogP contribution is -2.43. The Kier molecular flexibility index (Phi) is 5.23. The molecule has 0 saturated carbocycles. The van der Waals surface area contributed by atoms with Crippen molar-refractivity contribution in [3.05, 3.63) is 78.1 Å². The van der Waals surface area contributed by atoms with Gasteiger partial charge in [0.1, 0.15) is 0 Å². The molecule has 0 aliphatic carbocycles. The molecule has 0 bridgehead atoms. The van der Waals surface area contributed by atoms with E-state index in [2.05, 4.69) is 10.3 Å². The van der Waals surface area contributed by atoms with E-state index in [4.69, 9.17) is 0 Å². The number of aromatic carboxylic acids is 1. The second kappa shape index (κ2) is 7.99. The molecule has 1 amide bonds. The number of anilines is 2. The normalized spacial score (nSPS) is 17.9. The molecule has 30 heavy (non-hydrogen) atoms. The highest BCUT2D eigenvalue weighted by molar-refractivity contribution is 5.94. The Labute approximate surface area is 175 Å². The van der Waals surface area contributed by atoms with Gasteiger partial charge in [-0.05, 0) is 66.4 Å². The van der Waals surface area contributed by atoms with Gasteiger partial charge in [0.25, 0.3) is 0 Å². The second-order valence-electron chi connectivity index (χ2n) is 7.57. The molecule has 2 atom stereocenters. The molecule has 6 heteroatoms. The lowest BCUT2D eigenvalue weighted by molar-refractivity contribution is -0.117. The van der Waals surface area contributed by atoms with Crippen LogP contribution in [0.3, 0.4) is 0 Å². The number of carbonyl (C=O) groups is 2. The van der Waals surface area contributed by atoms with Crippen molar-refractivity contribution in [3.63, 3.8) is 0 Å². The van der Waals surface area contributed by atoms with Crippen LogP contribution in [0.2, 0.25) is 0 Å². The van der Waals surface area contributed by atoms with Crippen LogP contribution in [0, 0.1) is 0 Å². The van der Waals surface area contributed by atoms with Gasteiger partial charge in [0.05, 0.1) is 17.3 Å². The van der Waals surface area contributed by atoms with Crippen LogP contribution in [0.15, 0.2) is 67.0 Å². The Balaban J connectivity index is 1.79. The summed E-state index contributed by atoms with van der Waals surface area (Å²) < 4.78 is 0. The minimum Gasteiger partial charge on any atom is -0.478 e. The smallest absolute Gasteiger partial charge is 0.335 e. The predicted octanol–water partition coefficient (Wildman–Crippen LogP) is 4.75. The molecule has 2 heterocycles. The quantitative estimate of drug-likeness (QED) is 0.659. The number of carboxylic acid groups (broad SMARTS) is 1. The fourth-order valence-corrected chi connectivity index (χ4v) is 4.14. The maximum Gasteiger partial charge on any atom is 0.335 e. The first-order valence-corrected chi connectivity index (χ1v) is 9.88. The van der Waals surface area contributed by atoms with E-state index in [1.807, 2.05) is 48.2 Å². The monoisotopic (exact) mass is 401 g/mol. The van der Waals surface area contributed by atoms with E-state index in [1.165, 1.54) is 0 Å². The number of fused-ring (bicyclic) bond motifs is 1. The molecule has 0 saturated heterocycles. The Morgan fingerprint density at radius 1 is 1.10 bits per heavy atom. The van der Waals surface area contributed by atoms with E-state index in [0.29, 0.717) is 0 Å². The minimum atomic E-state index is -0.956. The third-order valence-corrected chi connectivity index (χ3v) is 5.46. The molecule has 6 nitrogen and oxygen atoms in total. The van der Waals surface area contributed by atoms with E-state index in [1.54, 1.807) is 37.5 Å². The van der Waals surface area contributed by atoms with Gasteiger partial charge in [-0.3, -0.25) is 9.78 Å². The first kappa shape index (κ1) is 19.6. The van der Waals surface area contributed by atoms with Gasteiger partial charge in [0, 0.05) is 31.0 Å². The summed E-state index contributed by atoms with van der Waals surface area (Å²) in [5.41, 5.74) is 4.77. The van der Waals surface area contributed by atoms with E-state index in [-0.39, 0.29) is 23.6 Å². The molecule has 2 aromatic carbocycles. The van der Waals surface area contributed by atoms with Crippen LogP contribution >= 0.6 is 0 Å². The fraction of sp³-hybridized carbons (Fsp3) is 0.208. The number of carbonyl (C=O) groups excluding carboxylic acids is 1. The van der Waals surface area contributed by atoms with Crippen molar-refractivity contribution in [2.24, 2.45) is 0 Å². The van der Waals surface area contributed by atoms with Crippen molar-refractivity contribution >= 4 is 23.3 Å². The van der Waals surface area contributed by atoms with Gasteiger partial charge in [-0.15, -0.1) is 0 Å². The van der Waals surface area contributed by atoms with Crippen molar-refractivity contribution in [1.82, 2.24) is 4.98 Å². The van der Waals surface area contributed by atoms with Crippen LogP contribution in [0.5, 0.6) is 0 Å². The van der Waals surface area contributed by atoms with Crippen LogP contribution < -0.4 is 10.2 Å². The first-order valence-electron chi connectivity index (χ1n) is 9.88. The van der Waals surface area contributed by atoms with Gasteiger partial charge in [0.15, 0.2) is 0 Å². The number of rotatable bonds is 4. The summed E-state index contributed by atoms with van der Waals surface area (Å²) in [6.07, 6.45) is 4.26. The number of pyridine rings is 1. The van der Waals surface area contributed by atoms with Gasteiger partial charge in [-0.1, -0.05) is 18.2 Å². The van der Waals surface area contributed by atoms with Gasteiger partial charge >= 0.3 is 5.97 Å². The molecular weight excluding hydrogens is 378 g/mol. The Bertz CT molecular complexity index is 1100. The van der Waals surface area contributed by atoms with Crippen LogP contribution in [0.25, 0.3) is 11.1 Å². The third kappa shape index (κ3) is 3.76. The summed E-state index contributed by atoms with van der Waals surface area (Å²) in [7, 11) is 0. The molecule has 1 aromatic heterocycles. The Morgan fingerprint density at radius 2 is 1.90 bits per heavy atom. The summed E-state index contributed by atoms with van der Waals surface area (Å²) in [5, 5.41) is 12.9. The maximum absolute atomic E-state index is 12.3. The summed E-state index contributed by atoms with van der Waals surface area (Å²) in [4.78, 5) is 29.7. The van der Waals surface area contributed by atoms with Crippen molar-refractivity contribution < 1.29 is 14.7 Å². The van der Waals surface area contributed by atoms with Gasteiger partial charge in [0.2, 0.25) is 5.91 Å². The van der Waals surface area contributed by atoms with Gasteiger partial charge in [-0.25, -0.2) is 4.79 Å². The Morgan fingerprint density at radius 3 is 2.60 bits per heavy atom. The number of nitrogens with one attached hydrogen (secondary N) is 1. The van der Waals surface area contributed by atoms with Crippen LogP contribution in [-0.4, -0.2) is 28.0 Å². The van der Waals surface area contributed by atoms with Gasteiger partial charge in [-0.2, -0.15) is 0 Å². The van der Waals surface area contributed by atoms with Crippen molar-refractivity contribution in [1.29, 1.82) is 0 Å². The SMILES string of the molecule is CC(=O)N1c2ccc(-c3cccc(C(=O)O)c3)cc2[C@H](Nc2cccnc2)C[C@@H]1C. The second-order valence-corrected chi connectivity index (χ2v) is 7.57. The minimum absolute atomic E-state index is 0.00240. The molecular formula is C24H23N3O3. The standard InChI is InChI=1S/C24H23N3O3/c1-15-11-22(26-20-7-4-10-25-14-20)21-13-18(8-9-23(21)27(15)16(2)28)17-5-3-6-19(12-17)24(29)30/h3-10,12-15,22,26H,11H2,1-2H3,(H,29,30)/t15-,22+/m0/s1. The molecule has 152 valence electrons. The molecule has 0 fully saturated rings. The highest BCUT2D eigenvalue weighted by Crippen LogP contribution is 2.41. The summed E-state index contributed by atoms with van der Waals surface area (Å²) in [6.45, 7) is 3.63. The maximum atomic E-state index is 12.3. The number of hydrogen-bond acceptors (Lipinski definition) is 4. The largest absolute Gasteiger partial charge is 0.478 e. The first-order chi connectivity index (χ1) is 14.4. The molecule has 0 radical (unpaired) electrons. The van der Waals surface area contributed by atoms with Crippen molar-refractivity contribution in [2.75, 3.05) is 10.2 Å². The topological polar surface area (TPSA) is 82.5 Å². The van der Waals surface area contributed by atoms with E-state index < -0.39 is 5.97 Å². The lowest BCUT2D eigenvalue weighted by Gasteiger charge is -2.39. The van der Waals surface area contributed by atoms with Crippen LogP contribution in [0.1, 0.15) is 42.2 Å². The number of nitrogens with zero attached hydrogens (tertiary/aromatic N) is 2. The van der Waals surface area contributed by atoms with Crippen molar-refractivity contribution in [3.8, 4) is 11.1 Å². The molecule has 2 N–H and O–H groups in total. The summed E-state index contributed by atoms with van der Waals surface area (Å²) >= 11 is 0. The van der Waals surface area contributed by atoms with Gasteiger partial charge < -0.3 is 15.3 Å². The average molecular weight is 401 g/mol. The van der Waals surface area contributed by atoms with Crippen LogP contribution in [-0.2, 0) is 4.79 Å². The number of carboxylic acids is 1. The average Bonchev–Trinajstić information content (AvgIpc) is 2.74. The van der Waals surface area contributed by atoms with Crippen LogP contribution in [0.4, 0.5) is 11.4 Å². The molecule has 4 rings (SSSR count). The molecule has 1 aliphatic heterocycles. The Hall–Kier alpha value is -3.67. The zero-order valence-corrected chi connectivity index (χ0v) is 16.9. The zero-order valence-electron chi connectivity index (χ0n) is 16.9. The fourth-order valence-electron chi connectivity index (χ4n) is 4.14. The lowest BCUT2D eigenvalue weighted by atomic mass is 9.88. The molecule has 1 aliphatic rings. The number of aromatic nitrogens is 1.